The fraction of sp³-hybridized carbons (Fsp3) is 0.583. The second-order valence-corrected chi connectivity index (χ2v) is 16.6. The number of nitrogens with one attached hydrogen (secondary N) is 1. The molecule has 2 N–H and O–H groups in total. The van der Waals surface area contributed by atoms with Crippen LogP contribution in [0, 0.1) is 17.8 Å². The molecule has 0 unspecified atom stereocenters. The molecule has 3 aliphatic carbocycles. The maximum Gasteiger partial charge on any atom is 0.264 e. The summed E-state index contributed by atoms with van der Waals surface area (Å²) in [6.07, 6.45) is 11.1. The zero-order valence-electron chi connectivity index (χ0n) is 26.5. The van der Waals surface area contributed by atoms with Crippen LogP contribution in [0.4, 0.5) is 5.69 Å². The number of amides is 1. The van der Waals surface area contributed by atoms with Gasteiger partial charge in [-0.2, -0.15) is 0 Å². The first-order chi connectivity index (χ1) is 22.2. The van der Waals surface area contributed by atoms with Gasteiger partial charge in [0.15, 0.2) is 0 Å². The lowest BCUT2D eigenvalue weighted by molar-refractivity contribution is 0.0450. The number of aliphatic hydroxyl groups excluding tert-OH is 1. The van der Waals surface area contributed by atoms with Gasteiger partial charge in [-0.3, -0.25) is 4.79 Å². The first-order valence-corrected chi connectivity index (χ1v) is 18.8. The molecule has 2 aromatic rings. The number of ether oxygens (including phenoxy) is 2. The van der Waals surface area contributed by atoms with E-state index in [0.717, 1.165) is 62.1 Å². The van der Waals surface area contributed by atoms with Crippen molar-refractivity contribution >= 4 is 33.2 Å². The molecule has 8 nitrogen and oxygen atoms in total. The highest BCUT2D eigenvalue weighted by atomic mass is 35.5. The first kappa shape index (κ1) is 32.0. The SMILES string of the molecule is CO[C@H]1C/C=C\[C@H](O)[C@@H]2CC[C@H]2CN2C[C@@]3(CCCc4cc(Cl)ccc43)COc3ccc(cc32)C(=O)NS(=O)(=O)[C@H]1CC1CCC1. The van der Waals surface area contributed by atoms with Crippen molar-refractivity contribution in [1.82, 2.24) is 4.72 Å². The van der Waals surface area contributed by atoms with Crippen LogP contribution in [-0.4, -0.2) is 63.7 Å². The molecular formula is C36H45ClN2O6S. The highest BCUT2D eigenvalue weighted by molar-refractivity contribution is 7.90. The molecule has 2 aliphatic heterocycles. The van der Waals surface area contributed by atoms with Crippen molar-refractivity contribution in [3.63, 3.8) is 0 Å². The van der Waals surface area contributed by atoms with Crippen LogP contribution in [0.1, 0.15) is 79.3 Å². The highest BCUT2D eigenvalue weighted by Crippen LogP contribution is 2.47. The largest absolute Gasteiger partial charge is 0.490 e. The maximum atomic E-state index is 13.9. The Morgan fingerprint density at radius 3 is 2.72 bits per heavy atom. The number of rotatable bonds is 3. The Bertz CT molecular complexity index is 1610. The third-order valence-electron chi connectivity index (χ3n) is 11.5. The van der Waals surface area contributed by atoms with Crippen LogP contribution in [0.2, 0.25) is 5.02 Å². The number of aryl methyl sites for hydroxylation is 1. The van der Waals surface area contributed by atoms with Crippen LogP contribution in [0.5, 0.6) is 5.75 Å². The molecule has 0 aromatic heterocycles. The van der Waals surface area contributed by atoms with E-state index in [0.29, 0.717) is 38.3 Å². The van der Waals surface area contributed by atoms with E-state index in [4.69, 9.17) is 21.1 Å². The third-order valence-corrected chi connectivity index (χ3v) is 13.5. The summed E-state index contributed by atoms with van der Waals surface area (Å²) in [5.41, 5.74) is 3.29. The van der Waals surface area contributed by atoms with Gasteiger partial charge in [0.2, 0.25) is 10.0 Å². The number of sulfonamides is 1. The zero-order valence-corrected chi connectivity index (χ0v) is 28.1. The van der Waals surface area contributed by atoms with Crippen molar-refractivity contribution in [3.8, 4) is 5.75 Å². The topological polar surface area (TPSA) is 105 Å². The summed E-state index contributed by atoms with van der Waals surface area (Å²) in [5, 5.41) is 11.2. The number of aliphatic hydroxyl groups is 1. The van der Waals surface area contributed by atoms with Crippen molar-refractivity contribution < 1.29 is 27.8 Å². The molecule has 0 saturated heterocycles. The van der Waals surface area contributed by atoms with Crippen LogP contribution >= 0.6 is 11.6 Å². The van der Waals surface area contributed by atoms with Gasteiger partial charge in [0.05, 0.1) is 24.5 Å². The number of hydrogen-bond acceptors (Lipinski definition) is 7. The Labute approximate surface area is 277 Å². The van der Waals surface area contributed by atoms with E-state index >= 15 is 0 Å². The standard InChI is InChI=1S/C36H45ClN2O6S/c1-44-33-9-3-8-31(40)28-13-10-26(28)20-39-21-36(16-4-7-24-18-27(37)12-14-29(24)36)22-45-32-15-11-25(19-30(32)39)35(41)38-46(42,43)34(33)17-23-5-2-6-23/h3,8,11-12,14-15,18-19,23,26,28,31,33-34,40H,2,4-7,9-10,13,16-17,20-22H2,1H3,(H,38,41)/b8-3-/t26-,28+,31-,33-,34-,36-/m0/s1. The van der Waals surface area contributed by atoms with Crippen molar-refractivity contribution in [2.24, 2.45) is 17.8 Å². The quantitative estimate of drug-likeness (QED) is 0.399. The van der Waals surface area contributed by atoms with E-state index < -0.39 is 33.4 Å². The van der Waals surface area contributed by atoms with Gasteiger partial charge in [0, 0.05) is 36.2 Å². The zero-order chi connectivity index (χ0) is 32.1. The number of hydrogen-bond donors (Lipinski definition) is 2. The molecule has 10 heteroatoms. The summed E-state index contributed by atoms with van der Waals surface area (Å²) in [6.45, 7) is 1.88. The number of halogens is 1. The van der Waals surface area contributed by atoms with E-state index in [-0.39, 0.29) is 28.7 Å². The minimum atomic E-state index is -4.08. The summed E-state index contributed by atoms with van der Waals surface area (Å²) in [4.78, 5) is 16.0. The van der Waals surface area contributed by atoms with Crippen molar-refractivity contribution in [2.45, 2.75) is 87.1 Å². The number of carbonyl (C=O) groups excluding carboxylic acids is 1. The second kappa shape index (κ2) is 12.8. The molecule has 46 heavy (non-hydrogen) atoms. The summed E-state index contributed by atoms with van der Waals surface area (Å²) < 4.78 is 42.5. The lowest BCUT2D eigenvalue weighted by Gasteiger charge is -2.45. The molecule has 0 radical (unpaired) electrons. The monoisotopic (exact) mass is 668 g/mol. The lowest BCUT2D eigenvalue weighted by Crippen LogP contribution is -2.49. The smallest absolute Gasteiger partial charge is 0.264 e. The van der Waals surface area contributed by atoms with Crippen LogP contribution < -0.4 is 14.4 Å². The number of methoxy groups -OCH3 is 1. The van der Waals surface area contributed by atoms with Gasteiger partial charge in [-0.05, 0) is 104 Å². The third kappa shape index (κ3) is 6.09. The van der Waals surface area contributed by atoms with E-state index in [1.165, 1.54) is 18.2 Å². The van der Waals surface area contributed by atoms with E-state index in [2.05, 4.69) is 21.8 Å². The van der Waals surface area contributed by atoms with Gasteiger partial charge in [-0.1, -0.05) is 49.1 Å². The molecule has 5 aliphatic rings. The number of fused-ring (bicyclic) bond motifs is 4. The molecule has 6 atom stereocenters. The van der Waals surface area contributed by atoms with Crippen molar-refractivity contribution in [3.05, 3.63) is 70.3 Å². The molecule has 2 aromatic carbocycles. The maximum absolute atomic E-state index is 13.9. The van der Waals surface area contributed by atoms with Crippen LogP contribution in [0.3, 0.4) is 0 Å². The van der Waals surface area contributed by atoms with Crippen LogP contribution in [-0.2, 0) is 26.6 Å². The second-order valence-electron chi connectivity index (χ2n) is 14.3. The predicted octanol–water partition coefficient (Wildman–Crippen LogP) is 5.79. The summed E-state index contributed by atoms with van der Waals surface area (Å²) >= 11 is 6.41. The van der Waals surface area contributed by atoms with Crippen molar-refractivity contribution in [1.29, 1.82) is 0 Å². The molecule has 2 fully saturated rings. The van der Waals surface area contributed by atoms with Gasteiger partial charge in [0.1, 0.15) is 11.0 Å². The minimum absolute atomic E-state index is 0.0900. The number of anilines is 1. The average molecular weight is 669 g/mol. The highest BCUT2D eigenvalue weighted by Gasteiger charge is 2.45. The Hall–Kier alpha value is -2.59. The van der Waals surface area contributed by atoms with E-state index in [9.17, 15) is 18.3 Å². The number of benzene rings is 2. The molecule has 1 amide bonds. The minimum Gasteiger partial charge on any atom is -0.490 e. The molecule has 1 spiro atoms. The molecule has 2 heterocycles. The van der Waals surface area contributed by atoms with Crippen molar-refractivity contribution in [2.75, 3.05) is 31.7 Å². The Kier molecular flexibility index (Phi) is 8.89. The molecule has 2 saturated carbocycles. The molecule has 2 bridgehead atoms. The van der Waals surface area contributed by atoms with E-state index in [1.54, 1.807) is 18.2 Å². The summed E-state index contributed by atoms with van der Waals surface area (Å²) in [6, 6.07) is 11.4. The Morgan fingerprint density at radius 2 is 1.98 bits per heavy atom. The van der Waals surface area contributed by atoms with Crippen LogP contribution in [0.15, 0.2) is 48.6 Å². The predicted molar refractivity (Wildman–Crippen MR) is 179 cm³/mol. The molecular weight excluding hydrogens is 624 g/mol. The molecule has 7 rings (SSSR count). The van der Waals surface area contributed by atoms with Gasteiger partial charge in [-0.25, -0.2) is 13.1 Å². The average Bonchev–Trinajstić information content (AvgIpc) is 3.13. The van der Waals surface area contributed by atoms with Gasteiger partial charge in [0.25, 0.3) is 5.91 Å². The lowest BCUT2D eigenvalue weighted by atomic mass is 9.68. The van der Waals surface area contributed by atoms with Gasteiger partial charge in [-0.15, -0.1) is 0 Å². The fourth-order valence-electron chi connectivity index (χ4n) is 8.50. The van der Waals surface area contributed by atoms with Gasteiger partial charge < -0.3 is 19.5 Å². The van der Waals surface area contributed by atoms with Crippen LogP contribution in [0.25, 0.3) is 0 Å². The summed E-state index contributed by atoms with van der Waals surface area (Å²) in [7, 11) is -2.56. The fourth-order valence-corrected chi connectivity index (χ4v) is 10.4. The van der Waals surface area contributed by atoms with E-state index in [1.807, 2.05) is 18.2 Å². The number of carbonyl (C=O) groups is 1. The van der Waals surface area contributed by atoms with Gasteiger partial charge >= 0.3 is 0 Å². The number of nitrogens with zero attached hydrogens (tertiary/aromatic N) is 1. The Morgan fingerprint density at radius 1 is 1.13 bits per heavy atom. The summed E-state index contributed by atoms with van der Waals surface area (Å²) in [5.74, 6) is 0.666. The normalized spacial score (nSPS) is 33.3. The first-order valence-electron chi connectivity index (χ1n) is 16.9. The molecule has 248 valence electrons. The Balaban J connectivity index is 1.28.